The number of rotatable bonds is 6. The van der Waals surface area contributed by atoms with Crippen molar-refractivity contribution in [2.24, 2.45) is 0 Å². The molecule has 0 fully saturated rings. The summed E-state index contributed by atoms with van der Waals surface area (Å²) >= 11 is 3.23. The van der Waals surface area contributed by atoms with Gasteiger partial charge in [0.2, 0.25) is 0 Å². The molecular formula is C15H16BrNO4S. The normalized spacial score (nSPS) is 11.2. The maximum absolute atomic E-state index is 12.4. The van der Waals surface area contributed by atoms with E-state index in [2.05, 4.69) is 20.7 Å². The van der Waals surface area contributed by atoms with E-state index in [-0.39, 0.29) is 11.5 Å². The Morgan fingerprint density at radius 1 is 1.23 bits per heavy atom. The number of anilines is 1. The first-order valence-corrected chi connectivity index (χ1v) is 8.89. The molecule has 2 aromatic carbocycles. The minimum Gasteiger partial charge on any atom is -0.494 e. The van der Waals surface area contributed by atoms with Gasteiger partial charge in [0.1, 0.15) is 10.6 Å². The maximum atomic E-state index is 12.4. The van der Waals surface area contributed by atoms with E-state index in [4.69, 9.17) is 4.74 Å². The van der Waals surface area contributed by atoms with Crippen LogP contribution in [0.5, 0.6) is 5.75 Å². The number of aliphatic hydroxyl groups is 1. The molecule has 118 valence electrons. The Balaban J connectivity index is 2.32. The lowest BCUT2D eigenvalue weighted by molar-refractivity contribution is 0.267. The molecule has 0 amide bonds. The Morgan fingerprint density at radius 2 is 1.95 bits per heavy atom. The van der Waals surface area contributed by atoms with Gasteiger partial charge in [-0.15, -0.1) is 0 Å². The molecule has 0 aliphatic rings. The van der Waals surface area contributed by atoms with Crippen molar-refractivity contribution in [3.63, 3.8) is 0 Å². The molecule has 0 radical (unpaired) electrons. The zero-order valence-electron chi connectivity index (χ0n) is 11.9. The van der Waals surface area contributed by atoms with E-state index in [1.165, 1.54) is 6.07 Å². The highest BCUT2D eigenvalue weighted by Crippen LogP contribution is 2.27. The zero-order chi connectivity index (χ0) is 16.2. The standard InChI is InChI=1S/C15H16BrNO4S/c1-2-21-14-8-7-12(9-11(14)10-18)17-22(19,20)15-6-4-3-5-13(15)16/h3-9,17-18H,2,10H2,1H3. The maximum Gasteiger partial charge on any atom is 0.263 e. The van der Waals surface area contributed by atoms with E-state index in [1.54, 1.807) is 36.4 Å². The highest BCUT2D eigenvalue weighted by atomic mass is 79.9. The van der Waals surface area contributed by atoms with E-state index < -0.39 is 10.0 Å². The van der Waals surface area contributed by atoms with Gasteiger partial charge in [-0.3, -0.25) is 4.72 Å². The molecule has 2 rings (SSSR count). The van der Waals surface area contributed by atoms with Crippen molar-refractivity contribution in [2.75, 3.05) is 11.3 Å². The molecule has 0 saturated heterocycles. The number of benzene rings is 2. The molecule has 0 aliphatic heterocycles. The van der Waals surface area contributed by atoms with Crippen LogP contribution in [0.4, 0.5) is 5.69 Å². The van der Waals surface area contributed by atoms with Crippen LogP contribution in [0.25, 0.3) is 0 Å². The van der Waals surface area contributed by atoms with Crippen LogP contribution in [0.2, 0.25) is 0 Å². The number of halogens is 1. The lowest BCUT2D eigenvalue weighted by Gasteiger charge is -2.13. The van der Waals surface area contributed by atoms with E-state index in [0.717, 1.165) is 0 Å². The number of hydrogen-bond acceptors (Lipinski definition) is 4. The van der Waals surface area contributed by atoms with Crippen molar-refractivity contribution in [1.29, 1.82) is 0 Å². The fourth-order valence-corrected chi connectivity index (χ4v) is 3.99. The van der Waals surface area contributed by atoms with Crippen molar-refractivity contribution >= 4 is 31.6 Å². The van der Waals surface area contributed by atoms with E-state index in [0.29, 0.717) is 28.1 Å². The average molecular weight is 386 g/mol. The van der Waals surface area contributed by atoms with Crippen LogP contribution in [0.15, 0.2) is 51.8 Å². The van der Waals surface area contributed by atoms with Crippen LogP contribution in [-0.4, -0.2) is 20.1 Å². The Kier molecular flexibility index (Phi) is 5.44. The Hall–Kier alpha value is -1.57. The van der Waals surface area contributed by atoms with Gasteiger partial charge < -0.3 is 9.84 Å². The molecule has 0 heterocycles. The quantitative estimate of drug-likeness (QED) is 0.800. The van der Waals surface area contributed by atoms with E-state index in [1.807, 2.05) is 6.92 Å². The minimum absolute atomic E-state index is 0.148. The van der Waals surface area contributed by atoms with Crippen LogP contribution in [-0.2, 0) is 16.6 Å². The van der Waals surface area contributed by atoms with E-state index in [9.17, 15) is 13.5 Å². The number of nitrogens with one attached hydrogen (secondary N) is 1. The van der Waals surface area contributed by atoms with Crippen molar-refractivity contribution in [3.05, 3.63) is 52.5 Å². The summed E-state index contributed by atoms with van der Waals surface area (Å²) in [6.45, 7) is 2.07. The van der Waals surface area contributed by atoms with Gasteiger partial charge in [0.25, 0.3) is 10.0 Å². The monoisotopic (exact) mass is 385 g/mol. The van der Waals surface area contributed by atoms with Crippen molar-refractivity contribution in [3.8, 4) is 5.75 Å². The Labute approximate surface area is 138 Å². The SMILES string of the molecule is CCOc1ccc(NS(=O)(=O)c2ccccc2Br)cc1CO. The third-order valence-electron chi connectivity index (χ3n) is 2.91. The molecule has 0 atom stereocenters. The fourth-order valence-electron chi connectivity index (χ4n) is 1.94. The first-order valence-electron chi connectivity index (χ1n) is 6.62. The summed E-state index contributed by atoms with van der Waals surface area (Å²) in [6, 6.07) is 11.3. The highest BCUT2D eigenvalue weighted by Gasteiger charge is 2.17. The minimum atomic E-state index is -3.71. The average Bonchev–Trinajstić information content (AvgIpc) is 2.49. The summed E-state index contributed by atoms with van der Waals surface area (Å²) in [5.41, 5.74) is 0.887. The summed E-state index contributed by atoms with van der Waals surface area (Å²) < 4.78 is 33.1. The Morgan fingerprint density at radius 3 is 2.59 bits per heavy atom. The lowest BCUT2D eigenvalue weighted by Crippen LogP contribution is -2.13. The topological polar surface area (TPSA) is 75.6 Å². The number of sulfonamides is 1. The summed E-state index contributed by atoms with van der Waals surface area (Å²) in [7, 11) is -3.71. The molecule has 5 nitrogen and oxygen atoms in total. The van der Waals surface area contributed by atoms with Gasteiger partial charge in [-0.05, 0) is 53.2 Å². The second-order valence-electron chi connectivity index (χ2n) is 4.45. The molecule has 7 heteroatoms. The van der Waals surface area contributed by atoms with Gasteiger partial charge in [0, 0.05) is 15.7 Å². The zero-order valence-corrected chi connectivity index (χ0v) is 14.3. The van der Waals surface area contributed by atoms with Crippen molar-refractivity contribution in [1.82, 2.24) is 0 Å². The number of hydrogen-bond donors (Lipinski definition) is 2. The van der Waals surface area contributed by atoms with Gasteiger partial charge in [-0.1, -0.05) is 12.1 Å². The van der Waals surface area contributed by atoms with E-state index >= 15 is 0 Å². The van der Waals surface area contributed by atoms with Crippen LogP contribution < -0.4 is 9.46 Å². The molecule has 0 spiro atoms. The van der Waals surface area contributed by atoms with Gasteiger partial charge in [-0.25, -0.2) is 8.42 Å². The molecule has 0 aliphatic carbocycles. The second-order valence-corrected chi connectivity index (χ2v) is 6.95. The first kappa shape index (κ1) is 16.8. The summed E-state index contributed by atoms with van der Waals surface area (Å²) in [5, 5.41) is 9.36. The highest BCUT2D eigenvalue weighted by molar-refractivity contribution is 9.10. The van der Waals surface area contributed by atoms with Crippen LogP contribution >= 0.6 is 15.9 Å². The Bertz CT molecular complexity index is 762. The number of aliphatic hydroxyl groups excluding tert-OH is 1. The van der Waals surface area contributed by atoms with Crippen molar-refractivity contribution in [2.45, 2.75) is 18.4 Å². The third kappa shape index (κ3) is 3.79. The molecule has 2 aromatic rings. The van der Waals surface area contributed by atoms with Gasteiger partial charge >= 0.3 is 0 Å². The molecular weight excluding hydrogens is 370 g/mol. The smallest absolute Gasteiger partial charge is 0.263 e. The van der Waals surface area contributed by atoms with Crippen molar-refractivity contribution < 1.29 is 18.3 Å². The number of ether oxygens (including phenoxy) is 1. The third-order valence-corrected chi connectivity index (χ3v) is 5.30. The predicted molar refractivity (Wildman–Crippen MR) is 88.5 cm³/mol. The lowest BCUT2D eigenvalue weighted by atomic mass is 10.2. The summed E-state index contributed by atoms with van der Waals surface area (Å²) in [5.74, 6) is 0.536. The fraction of sp³-hybridized carbons (Fsp3) is 0.200. The summed E-state index contributed by atoms with van der Waals surface area (Å²) in [6.07, 6.45) is 0. The second kappa shape index (κ2) is 7.13. The van der Waals surface area contributed by atoms with Crippen LogP contribution in [0, 0.1) is 0 Å². The van der Waals surface area contributed by atoms with Crippen LogP contribution in [0.1, 0.15) is 12.5 Å². The van der Waals surface area contributed by atoms with Gasteiger partial charge in [0.05, 0.1) is 13.2 Å². The molecule has 0 bridgehead atoms. The molecule has 0 unspecified atom stereocenters. The molecule has 2 N–H and O–H groups in total. The van der Waals surface area contributed by atoms with Crippen LogP contribution in [0.3, 0.4) is 0 Å². The van der Waals surface area contributed by atoms with Gasteiger partial charge in [0.15, 0.2) is 0 Å². The molecule has 0 aromatic heterocycles. The summed E-state index contributed by atoms with van der Waals surface area (Å²) in [4.78, 5) is 0.148. The largest absolute Gasteiger partial charge is 0.494 e. The molecule has 22 heavy (non-hydrogen) atoms. The van der Waals surface area contributed by atoms with Gasteiger partial charge in [-0.2, -0.15) is 0 Å². The first-order chi connectivity index (χ1) is 10.5. The predicted octanol–water partition coefficient (Wildman–Crippen LogP) is 3.14. The molecule has 0 saturated carbocycles.